The van der Waals surface area contributed by atoms with Gasteiger partial charge in [-0.25, -0.2) is 0 Å². The van der Waals surface area contributed by atoms with Crippen LogP contribution in [-0.2, 0) is 4.79 Å². The molecule has 0 spiro atoms. The van der Waals surface area contributed by atoms with Gasteiger partial charge >= 0.3 is 0 Å². The molecule has 10 heavy (non-hydrogen) atoms. The van der Waals surface area contributed by atoms with E-state index in [1.165, 1.54) is 0 Å². The number of rotatable bonds is 0. The Balaban J connectivity index is 2.95. The zero-order chi connectivity index (χ0) is 10.3. The Labute approximate surface area is 67.0 Å². The molecule has 1 rings (SSSR count). The number of Topliss-reactive ketones (excluding diaryl/α,β-unsaturated/α-hetero) is 1. The van der Waals surface area contributed by atoms with E-state index in [2.05, 4.69) is 0 Å². The molecule has 1 saturated carbocycles. The maximum atomic E-state index is 11.7. The summed E-state index contributed by atoms with van der Waals surface area (Å²) in [4.78, 5) is 11.7. The highest BCUT2D eigenvalue weighted by atomic mass is 16.1. The first kappa shape index (κ1) is 4.53. The summed E-state index contributed by atoms with van der Waals surface area (Å²) >= 11 is 0. The number of carbonyl (C=O) groups is 1. The summed E-state index contributed by atoms with van der Waals surface area (Å²) in [6.07, 6.45) is 2.19. The van der Waals surface area contributed by atoms with E-state index >= 15 is 0 Å². The summed E-state index contributed by atoms with van der Waals surface area (Å²) in [7, 11) is 0. The van der Waals surface area contributed by atoms with Crippen LogP contribution in [-0.4, -0.2) is 5.78 Å². The van der Waals surface area contributed by atoms with E-state index in [0.717, 1.165) is 12.8 Å². The molecule has 0 aromatic heterocycles. The second kappa shape index (κ2) is 2.37. The van der Waals surface area contributed by atoms with Gasteiger partial charge in [0.25, 0.3) is 0 Å². The Morgan fingerprint density at radius 1 is 1.80 bits per heavy atom. The fraction of sp³-hybridized carbons (Fsp3) is 0.889. The van der Waals surface area contributed by atoms with Crippen molar-refractivity contribution in [2.24, 2.45) is 11.3 Å². The van der Waals surface area contributed by atoms with Gasteiger partial charge in [0.1, 0.15) is 5.78 Å². The molecule has 2 unspecified atom stereocenters. The highest BCUT2D eigenvalue weighted by molar-refractivity contribution is 5.86. The smallest absolute Gasteiger partial charge is 0.141 e. The quantitative estimate of drug-likeness (QED) is 0.477. The standard InChI is InChI=1S/C9H16O/c1-7-5-4-6-9(2,3)8(7)10/h7H,4-6H2,1-3H3/i2+1D3. The predicted molar refractivity (Wildman–Crippen MR) is 41.8 cm³/mol. The molecule has 2 atom stereocenters. The van der Waals surface area contributed by atoms with Gasteiger partial charge in [0.2, 0.25) is 0 Å². The molecule has 0 aliphatic heterocycles. The van der Waals surface area contributed by atoms with Gasteiger partial charge in [-0.3, -0.25) is 4.79 Å². The van der Waals surface area contributed by atoms with Crippen LogP contribution in [0.5, 0.6) is 0 Å². The van der Waals surface area contributed by atoms with Crippen molar-refractivity contribution in [1.29, 1.82) is 0 Å². The van der Waals surface area contributed by atoms with Crippen molar-refractivity contribution in [1.82, 2.24) is 0 Å². The number of hydrogen-bond acceptors (Lipinski definition) is 1. The van der Waals surface area contributed by atoms with Crippen LogP contribution in [0.25, 0.3) is 0 Å². The minimum absolute atomic E-state index is 0.0841. The highest BCUT2D eigenvalue weighted by Gasteiger charge is 2.34. The van der Waals surface area contributed by atoms with E-state index in [1.807, 2.05) is 6.92 Å². The van der Waals surface area contributed by atoms with Gasteiger partial charge in [-0.15, -0.1) is 0 Å². The molecule has 0 bridgehead atoms. The number of carbonyl (C=O) groups excluding carboxylic acids is 1. The molecule has 0 amide bonds. The third-order valence-electron chi connectivity index (χ3n) is 2.31. The molecule has 58 valence electrons. The molecule has 0 N–H and O–H groups in total. The van der Waals surface area contributed by atoms with Crippen LogP contribution in [0.3, 0.4) is 0 Å². The summed E-state index contributed by atoms with van der Waals surface area (Å²) < 4.78 is 22.1. The fourth-order valence-corrected chi connectivity index (χ4v) is 1.56. The third kappa shape index (κ3) is 1.23. The average molecular weight is 144 g/mol. The summed E-state index contributed by atoms with van der Waals surface area (Å²) in [5.74, 6) is -0.169. The Bertz CT molecular complexity index is 221. The van der Waals surface area contributed by atoms with Crippen LogP contribution in [0, 0.1) is 11.3 Å². The van der Waals surface area contributed by atoms with E-state index in [0.29, 0.717) is 6.42 Å². The van der Waals surface area contributed by atoms with Crippen molar-refractivity contribution in [3.05, 3.63) is 0 Å². The van der Waals surface area contributed by atoms with Crippen molar-refractivity contribution in [3.63, 3.8) is 0 Å². The second-order valence-corrected chi connectivity index (χ2v) is 3.49. The van der Waals surface area contributed by atoms with E-state index < -0.39 is 12.3 Å². The van der Waals surface area contributed by atoms with Gasteiger partial charge in [0.15, 0.2) is 0 Å². The van der Waals surface area contributed by atoms with E-state index in [1.54, 1.807) is 6.92 Å². The first-order valence-electron chi connectivity index (χ1n) is 5.33. The SMILES string of the molecule is [2H][13C]([2H])([2H])C1(C)CCCC(C)C1=O. The summed E-state index contributed by atoms with van der Waals surface area (Å²) in [5.41, 5.74) is -1.09. The lowest BCUT2D eigenvalue weighted by Gasteiger charge is -2.31. The van der Waals surface area contributed by atoms with Gasteiger partial charge in [-0.05, 0) is 12.8 Å². The van der Waals surface area contributed by atoms with E-state index in [4.69, 9.17) is 4.11 Å². The minimum Gasteiger partial charge on any atom is -0.299 e. The largest absolute Gasteiger partial charge is 0.299 e. The monoisotopic (exact) mass is 144 g/mol. The topological polar surface area (TPSA) is 17.1 Å². The Morgan fingerprint density at radius 3 is 3.00 bits per heavy atom. The van der Waals surface area contributed by atoms with Gasteiger partial charge in [0, 0.05) is 15.4 Å². The second-order valence-electron chi connectivity index (χ2n) is 3.49. The molecule has 1 aliphatic carbocycles. The van der Waals surface area contributed by atoms with Crippen LogP contribution in [0.4, 0.5) is 0 Å². The van der Waals surface area contributed by atoms with Crippen molar-refractivity contribution in [2.75, 3.05) is 0 Å². The minimum atomic E-state index is -2.14. The summed E-state index contributed by atoms with van der Waals surface area (Å²) in [6.45, 7) is 1.27. The van der Waals surface area contributed by atoms with Crippen molar-refractivity contribution < 1.29 is 8.91 Å². The Hall–Kier alpha value is -0.330. The van der Waals surface area contributed by atoms with Crippen molar-refractivity contribution in [2.45, 2.75) is 40.0 Å². The zero-order valence-corrected chi connectivity index (χ0v) is 6.61. The molecule has 0 heterocycles. The number of hydrogen-bond donors (Lipinski definition) is 0. The summed E-state index contributed by atoms with van der Waals surface area (Å²) in [5, 5.41) is 0. The van der Waals surface area contributed by atoms with E-state index in [-0.39, 0.29) is 11.7 Å². The molecular weight excluding hydrogens is 125 g/mol. The molecular formula is C9H16O. The summed E-state index contributed by atoms with van der Waals surface area (Å²) in [6, 6.07) is 0. The molecule has 1 aliphatic rings. The van der Waals surface area contributed by atoms with Gasteiger partial charge < -0.3 is 0 Å². The average Bonchev–Trinajstić information content (AvgIpc) is 1.98. The molecule has 0 aromatic rings. The number of ketones is 1. The van der Waals surface area contributed by atoms with Crippen LogP contribution in [0.15, 0.2) is 0 Å². The first-order chi connectivity index (χ1) is 5.79. The Kier molecular flexibility index (Phi) is 1.07. The lowest BCUT2D eigenvalue weighted by molar-refractivity contribution is -0.133. The normalized spacial score (nSPS) is 47.6. The van der Waals surface area contributed by atoms with Crippen LogP contribution >= 0.6 is 0 Å². The molecule has 0 radical (unpaired) electrons. The third-order valence-corrected chi connectivity index (χ3v) is 2.31. The zero-order valence-electron chi connectivity index (χ0n) is 9.61. The molecule has 1 fully saturated rings. The maximum Gasteiger partial charge on any atom is 0.141 e. The van der Waals surface area contributed by atoms with Gasteiger partial charge in [-0.1, -0.05) is 27.1 Å². The molecule has 0 aromatic carbocycles. The van der Waals surface area contributed by atoms with E-state index in [9.17, 15) is 4.79 Å². The predicted octanol–water partition coefficient (Wildman–Crippen LogP) is 2.40. The van der Waals surface area contributed by atoms with Crippen LogP contribution < -0.4 is 0 Å². The lowest BCUT2D eigenvalue weighted by atomic mass is 9.75. The van der Waals surface area contributed by atoms with Crippen LogP contribution in [0.1, 0.15) is 44.1 Å². The molecule has 0 saturated heterocycles. The highest BCUT2D eigenvalue weighted by Crippen LogP contribution is 2.34. The maximum absolute atomic E-state index is 11.7. The van der Waals surface area contributed by atoms with Crippen LogP contribution in [0.2, 0.25) is 0 Å². The first-order valence-corrected chi connectivity index (χ1v) is 3.83. The Morgan fingerprint density at radius 2 is 2.50 bits per heavy atom. The van der Waals surface area contributed by atoms with Gasteiger partial charge in [-0.2, -0.15) is 0 Å². The van der Waals surface area contributed by atoms with Crippen molar-refractivity contribution in [3.8, 4) is 0 Å². The van der Waals surface area contributed by atoms with Crippen molar-refractivity contribution >= 4 is 5.78 Å². The fourth-order valence-electron chi connectivity index (χ4n) is 1.56. The lowest BCUT2D eigenvalue weighted by Crippen LogP contribution is -2.33. The molecule has 1 heteroatoms. The molecule has 1 nitrogen and oxygen atoms in total. The van der Waals surface area contributed by atoms with Gasteiger partial charge in [0.05, 0.1) is 0 Å².